The largest absolute Gasteiger partial charge is 0.402 e. The molecule has 0 spiro atoms. The maximum absolute atomic E-state index is 13.6. The van der Waals surface area contributed by atoms with E-state index in [-0.39, 0.29) is 32.1 Å². The van der Waals surface area contributed by atoms with Gasteiger partial charge in [-0.05, 0) is 24.1 Å². The molecule has 0 bridgehead atoms. The van der Waals surface area contributed by atoms with E-state index in [1.807, 2.05) is 36.4 Å². The molecule has 40 heavy (non-hydrogen) atoms. The SMILES string of the molecule is N#Cc1ccc(N2CCN(C(=O)CCOC[C@H](Cc3ccccc3)NC3CNNC(=O)C3C(F)(F)F)CC2)nc1. The number of amides is 2. The predicted octanol–water partition coefficient (Wildman–Crippen LogP) is 1.39. The van der Waals surface area contributed by atoms with Crippen LogP contribution in [0.15, 0.2) is 48.7 Å². The Bertz CT molecular complexity index is 1170. The van der Waals surface area contributed by atoms with Gasteiger partial charge in [0.1, 0.15) is 11.9 Å². The third-order valence-electron chi connectivity index (χ3n) is 6.96. The molecule has 13 heteroatoms. The zero-order chi connectivity index (χ0) is 28.5. The minimum absolute atomic E-state index is 0.0645. The van der Waals surface area contributed by atoms with E-state index in [0.717, 1.165) is 11.4 Å². The van der Waals surface area contributed by atoms with Crippen LogP contribution >= 0.6 is 0 Å². The van der Waals surface area contributed by atoms with Crippen LogP contribution in [0.3, 0.4) is 0 Å². The highest BCUT2D eigenvalue weighted by Gasteiger charge is 2.51. The number of piperazine rings is 1. The second-order valence-corrected chi connectivity index (χ2v) is 9.76. The first-order valence-electron chi connectivity index (χ1n) is 13.1. The number of hydrazine groups is 1. The average molecular weight is 560 g/mol. The lowest BCUT2D eigenvalue weighted by Crippen LogP contribution is -2.65. The number of benzene rings is 1. The molecule has 2 aliphatic rings. The number of anilines is 1. The summed E-state index contributed by atoms with van der Waals surface area (Å²) in [6.45, 7) is 2.36. The molecule has 214 valence electrons. The zero-order valence-corrected chi connectivity index (χ0v) is 21.9. The molecular formula is C27H32F3N7O3. The van der Waals surface area contributed by atoms with Crippen molar-refractivity contribution in [2.75, 3.05) is 50.8 Å². The van der Waals surface area contributed by atoms with Crippen molar-refractivity contribution in [2.45, 2.75) is 31.1 Å². The third-order valence-corrected chi connectivity index (χ3v) is 6.96. The summed E-state index contributed by atoms with van der Waals surface area (Å²) in [4.78, 5) is 32.8. The van der Waals surface area contributed by atoms with Crippen LogP contribution in [-0.2, 0) is 20.7 Å². The molecule has 0 radical (unpaired) electrons. The highest BCUT2D eigenvalue weighted by molar-refractivity contribution is 5.80. The second kappa shape index (κ2) is 13.6. The number of nitrogens with one attached hydrogen (secondary N) is 3. The summed E-state index contributed by atoms with van der Waals surface area (Å²) in [7, 11) is 0. The molecule has 3 heterocycles. The lowest BCUT2D eigenvalue weighted by molar-refractivity contribution is -0.193. The van der Waals surface area contributed by atoms with Gasteiger partial charge in [-0.3, -0.25) is 15.0 Å². The summed E-state index contributed by atoms with van der Waals surface area (Å²) in [5.41, 5.74) is 5.98. The van der Waals surface area contributed by atoms with Crippen molar-refractivity contribution in [3.8, 4) is 6.07 Å². The normalized spacial score (nSPS) is 20.5. The first-order chi connectivity index (χ1) is 19.2. The molecule has 1 aromatic heterocycles. The average Bonchev–Trinajstić information content (AvgIpc) is 2.95. The summed E-state index contributed by atoms with van der Waals surface area (Å²) in [6, 6.07) is 13.1. The van der Waals surface area contributed by atoms with Crippen LogP contribution in [0, 0.1) is 17.2 Å². The summed E-state index contributed by atoms with van der Waals surface area (Å²) < 4.78 is 46.6. The van der Waals surface area contributed by atoms with E-state index < -0.39 is 30.1 Å². The summed E-state index contributed by atoms with van der Waals surface area (Å²) in [5, 5.41) is 11.9. The van der Waals surface area contributed by atoms with E-state index in [1.54, 1.807) is 17.0 Å². The number of carbonyl (C=O) groups is 2. The number of halogens is 3. The molecule has 2 unspecified atom stereocenters. The standard InChI is InChI=1S/C27H32F3N7O3/c28-27(29,30)25-22(17-33-35-26(25)39)34-21(14-19-4-2-1-3-5-19)18-40-13-8-24(38)37-11-9-36(10-12-37)23-7-6-20(15-31)16-32-23/h1-7,16,21-22,25,33-34H,8-14,17-18H2,(H,35,39)/t21-,22?,25?/m0/s1. The molecule has 4 rings (SSSR count). The summed E-state index contributed by atoms with van der Waals surface area (Å²) in [6.07, 6.45) is -2.64. The fraction of sp³-hybridized carbons (Fsp3) is 0.481. The summed E-state index contributed by atoms with van der Waals surface area (Å²) in [5.74, 6) is -2.63. The molecular weight excluding hydrogens is 527 g/mol. The lowest BCUT2D eigenvalue weighted by atomic mass is 9.94. The molecule has 0 saturated carbocycles. The van der Waals surface area contributed by atoms with Gasteiger partial charge >= 0.3 is 6.18 Å². The van der Waals surface area contributed by atoms with E-state index in [2.05, 4.69) is 26.1 Å². The van der Waals surface area contributed by atoms with Crippen LogP contribution in [0.25, 0.3) is 0 Å². The van der Waals surface area contributed by atoms with Crippen molar-refractivity contribution in [1.82, 2.24) is 26.1 Å². The fourth-order valence-electron chi connectivity index (χ4n) is 4.89. The molecule has 2 aromatic rings. The van der Waals surface area contributed by atoms with Gasteiger partial charge in [0.15, 0.2) is 5.92 Å². The first kappa shape index (κ1) is 29.3. The highest BCUT2D eigenvalue weighted by atomic mass is 19.4. The lowest BCUT2D eigenvalue weighted by Gasteiger charge is -2.36. The Morgan fingerprint density at radius 3 is 2.58 bits per heavy atom. The van der Waals surface area contributed by atoms with Gasteiger partial charge in [-0.1, -0.05) is 30.3 Å². The zero-order valence-electron chi connectivity index (χ0n) is 21.9. The van der Waals surface area contributed by atoms with Crippen LogP contribution < -0.4 is 21.1 Å². The first-order valence-corrected chi connectivity index (χ1v) is 13.1. The Morgan fingerprint density at radius 2 is 1.93 bits per heavy atom. The van der Waals surface area contributed by atoms with Crippen molar-refractivity contribution in [1.29, 1.82) is 5.26 Å². The number of hydrogen-bond donors (Lipinski definition) is 3. The number of alkyl halides is 3. The Balaban J connectivity index is 1.27. The summed E-state index contributed by atoms with van der Waals surface area (Å²) >= 11 is 0. The van der Waals surface area contributed by atoms with Gasteiger partial charge in [0.2, 0.25) is 11.8 Å². The van der Waals surface area contributed by atoms with E-state index >= 15 is 0 Å². The number of nitrogens with zero attached hydrogens (tertiary/aromatic N) is 4. The fourth-order valence-corrected chi connectivity index (χ4v) is 4.89. The molecule has 0 aliphatic carbocycles. The van der Waals surface area contributed by atoms with Gasteiger partial charge in [0.05, 0.1) is 25.2 Å². The molecule has 2 saturated heterocycles. The Hall–Kier alpha value is -3.73. The Morgan fingerprint density at radius 1 is 1.18 bits per heavy atom. The maximum atomic E-state index is 13.6. The van der Waals surface area contributed by atoms with Gasteiger partial charge in [-0.15, -0.1) is 0 Å². The Labute approximate surface area is 230 Å². The number of nitriles is 1. The number of pyridine rings is 1. The molecule has 2 amide bonds. The maximum Gasteiger partial charge on any atom is 0.402 e. The van der Waals surface area contributed by atoms with Crippen molar-refractivity contribution >= 4 is 17.6 Å². The molecule has 3 atom stereocenters. The van der Waals surface area contributed by atoms with Crippen LogP contribution in [0.1, 0.15) is 17.5 Å². The van der Waals surface area contributed by atoms with Crippen molar-refractivity contribution in [3.63, 3.8) is 0 Å². The van der Waals surface area contributed by atoms with Crippen molar-refractivity contribution < 1.29 is 27.5 Å². The van der Waals surface area contributed by atoms with Gasteiger partial charge in [0.25, 0.3) is 0 Å². The van der Waals surface area contributed by atoms with E-state index in [4.69, 9.17) is 10.00 Å². The van der Waals surface area contributed by atoms with E-state index in [9.17, 15) is 22.8 Å². The van der Waals surface area contributed by atoms with Crippen LogP contribution in [0.2, 0.25) is 0 Å². The minimum Gasteiger partial charge on any atom is -0.379 e. The molecule has 3 N–H and O–H groups in total. The van der Waals surface area contributed by atoms with Gasteiger partial charge < -0.3 is 19.9 Å². The van der Waals surface area contributed by atoms with Crippen molar-refractivity contribution in [2.24, 2.45) is 5.92 Å². The van der Waals surface area contributed by atoms with Gasteiger partial charge in [-0.2, -0.15) is 18.4 Å². The van der Waals surface area contributed by atoms with E-state index in [1.165, 1.54) is 6.20 Å². The predicted molar refractivity (Wildman–Crippen MR) is 140 cm³/mol. The van der Waals surface area contributed by atoms with Crippen LogP contribution in [0.5, 0.6) is 0 Å². The number of rotatable bonds is 10. The highest BCUT2D eigenvalue weighted by Crippen LogP contribution is 2.30. The molecule has 2 fully saturated rings. The Kier molecular flexibility index (Phi) is 9.92. The van der Waals surface area contributed by atoms with Crippen LogP contribution in [0.4, 0.5) is 19.0 Å². The van der Waals surface area contributed by atoms with E-state index in [0.29, 0.717) is 38.2 Å². The van der Waals surface area contributed by atoms with Gasteiger partial charge in [-0.25, -0.2) is 10.4 Å². The van der Waals surface area contributed by atoms with Crippen molar-refractivity contribution in [3.05, 3.63) is 59.8 Å². The number of hydrogen-bond acceptors (Lipinski definition) is 8. The quantitative estimate of drug-likeness (QED) is 0.374. The number of ether oxygens (including phenoxy) is 1. The molecule has 10 nitrogen and oxygen atoms in total. The third kappa shape index (κ3) is 7.91. The molecule has 2 aliphatic heterocycles. The topological polar surface area (TPSA) is 123 Å². The van der Waals surface area contributed by atoms with Crippen LogP contribution in [-0.4, -0.2) is 85.9 Å². The number of carbonyl (C=O) groups excluding carboxylic acids is 2. The monoisotopic (exact) mass is 559 g/mol. The second-order valence-electron chi connectivity index (χ2n) is 9.76. The molecule has 1 aromatic carbocycles. The number of aromatic nitrogens is 1. The smallest absolute Gasteiger partial charge is 0.379 e. The van der Waals surface area contributed by atoms with Gasteiger partial charge in [0, 0.05) is 51.0 Å². The minimum atomic E-state index is -4.70.